The van der Waals surface area contributed by atoms with Crippen LogP contribution in [0.5, 0.6) is 11.5 Å². The second-order valence-electron chi connectivity index (χ2n) is 6.31. The third-order valence-electron chi connectivity index (χ3n) is 4.57. The predicted molar refractivity (Wildman–Crippen MR) is 103 cm³/mol. The van der Waals surface area contributed by atoms with Gasteiger partial charge in [-0.1, -0.05) is 36.4 Å². The molecule has 1 aliphatic heterocycles. The minimum atomic E-state index is 0.201. The molecule has 0 bridgehead atoms. The van der Waals surface area contributed by atoms with E-state index in [9.17, 15) is 4.79 Å². The van der Waals surface area contributed by atoms with E-state index in [0.717, 1.165) is 30.9 Å². The Bertz CT molecular complexity index is 738. The van der Waals surface area contributed by atoms with Gasteiger partial charge in [-0.2, -0.15) is 0 Å². The van der Waals surface area contributed by atoms with Crippen LogP contribution in [0.3, 0.4) is 0 Å². The Balaban J connectivity index is 1.39. The molecule has 0 spiro atoms. The second kappa shape index (κ2) is 9.09. The van der Waals surface area contributed by atoms with E-state index in [-0.39, 0.29) is 5.91 Å². The highest BCUT2D eigenvalue weighted by molar-refractivity contribution is 5.78. The number of benzene rings is 2. The SMILES string of the molecule is COc1ccc(OCCCC(=O)N2CC=C(c3ccccc3)CC2)cc1. The van der Waals surface area contributed by atoms with Crippen molar-refractivity contribution in [3.05, 3.63) is 66.2 Å². The fraction of sp³-hybridized carbons (Fsp3) is 0.318. The average Bonchev–Trinajstić information content (AvgIpc) is 2.72. The third kappa shape index (κ3) is 4.88. The van der Waals surface area contributed by atoms with E-state index < -0.39 is 0 Å². The van der Waals surface area contributed by atoms with Crippen molar-refractivity contribution in [1.82, 2.24) is 4.90 Å². The molecule has 1 amide bonds. The summed E-state index contributed by atoms with van der Waals surface area (Å²) in [5, 5.41) is 0. The molecular formula is C22H25NO3. The molecule has 0 aromatic heterocycles. The summed E-state index contributed by atoms with van der Waals surface area (Å²) in [7, 11) is 1.64. The van der Waals surface area contributed by atoms with E-state index in [1.807, 2.05) is 35.2 Å². The normalized spacial score (nSPS) is 13.9. The van der Waals surface area contributed by atoms with E-state index in [1.165, 1.54) is 11.1 Å². The number of carbonyl (C=O) groups excluding carboxylic acids is 1. The first-order valence-electron chi connectivity index (χ1n) is 9.05. The number of hydrogen-bond acceptors (Lipinski definition) is 3. The minimum absolute atomic E-state index is 0.201. The van der Waals surface area contributed by atoms with Crippen LogP contribution in [0.15, 0.2) is 60.7 Å². The molecule has 2 aromatic rings. The van der Waals surface area contributed by atoms with Crippen LogP contribution in [0.25, 0.3) is 5.57 Å². The van der Waals surface area contributed by atoms with Crippen molar-refractivity contribution in [2.24, 2.45) is 0 Å². The molecule has 1 heterocycles. The summed E-state index contributed by atoms with van der Waals surface area (Å²) in [5.41, 5.74) is 2.59. The first-order valence-corrected chi connectivity index (χ1v) is 9.05. The first kappa shape index (κ1) is 18.1. The van der Waals surface area contributed by atoms with Gasteiger partial charge in [-0.05, 0) is 48.2 Å². The average molecular weight is 351 g/mol. The lowest BCUT2D eigenvalue weighted by molar-refractivity contribution is -0.131. The number of methoxy groups -OCH3 is 1. The zero-order valence-electron chi connectivity index (χ0n) is 15.2. The fourth-order valence-corrected chi connectivity index (χ4v) is 3.05. The number of rotatable bonds is 7. The van der Waals surface area contributed by atoms with Gasteiger partial charge in [-0.15, -0.1) is 0 Å². The summed E-state index contributed by atoms with van der Waals surface area (Å²) >= 11 is 0. The van der Waals surface area contributed by atoms with Gasteiger partial charge in [-0.25, -0.2) is 0 Å². The highest BCUT2D eigenvalue weighted by Gasteiger charge is 2.17. The molecule has 4 nitrogen and oxygen atoms in total. The molecule has 26 heavy (non-hydrogen) atoms. The largest absolute Gasteiger partial charge is 0.497 e. The van der Waals surface area contributed by atoms with Crippen molar-refractivity contribution < 1.29 is 14.3 Å². The summed E-state index contributed by atoms with van der Waals surface area (Å²) in [6.45, 7) is 2.03. The molecule has 1 aliphatic rings. The van der Waals surface area contributed by atoms with Crippen LogP contribution in [0.1, 0.15) is 24.8 Å². The van der Waals surface area contributed by atoms with Crippen LogP contribution >= 0.6 is 0 Å². The van der Waals surface area contributed by atoms with Gasteiger partial charge in [-0.3, -0.25) is 4.79 Å². The Hall–Kier alpha value is -2.75. The van der Waals surface area contributed by atoms with Crippen molar-refractivity contribution in [3.8, 4) is 11.5 Å². The fourth-order valence-electron chi connectivity index (χ4n) is 3.05. The summed E-state index contributed by atoms with van der Waals surface area (Å²) < 4.78 is 10.8. The molecule has 0 N–H and O–H groups in total. The molecule has 0 unspecified atom stereocenters. The van der Waals surface area contributed by atoms with Gasteiger partial charge in [0.15, 0.2) is 0 Å². The lowest BCUT2D eigenvalue weighted by atomic mass is 9.99. The Morgan fingerprint density at radius 3 is 2.42 bits per heavy atom. The number of ether oxygens (including phenoxy) is 2. The molecule has 0 saturated carbocycles. The second-order valence-corrected chi connectivity index (χ2v) is 6.31. The first-order chi connectivity index (χ1) is 12.8. The molecule has 136 valence electrons. The Morgan fingerprint density at radius 1 is 1.04 bits per heavy atom. The molecule has 0 aliphatic carbocycles. The predicted octanol–water partition coefficient (Wildman–Crippen LogP) is 4.17. The van der Waals surface area contributed by atoms with E-state index in [4.69, 9.17) is 9.47 Å². The van der Waals surface area contributed by atoms with Gasteiger partial charge in [0, 0.05) is 19.5 Å². The van der Waals surface area contributed by atoms with Gasteiger partial charge in [0.1, 0.15) is 11.5 Å². The zero-order valence-corrected chi connectivity index (χ0v) is 15.2. The molecule has 0 atom stereocenters. The summed E-state index contributed by atoms with van der Waals surface area (Å²) in [4.78, 5) is 14.3. The van der Waals surface area contributed by atoms with Crippen LogP contribution in [-0.2, 0) is 4.79 Å². The maximum Gasteiger partial charge on any atom is 0.222 e. The summed E-state index contributed by atoms with van der Waals surface area (Å²) in [6.07, 6.45) is 4.32. The van der Waals surface area contributed by atoms with E-state index >= 15 is 0 Å². The molecule has 0 radical (unpaired) electrons. The molecule has 4 heteroatoms. The minimum Gasteiger partial charge on any atom is -0.497 e. The van der Waals surface area contributed by atoms with Gasteiger partial charge in [0.2, 0.25) is 5.91 Å². The molecular weight excluding hydrogens is 326 g/mol. The van der Waals surface area contributed by atoms with Gasteiger partial charge in [0.25, 0.3) is 0 Å². The highest BCUT2D eigenvalue weighted by atomic mass is 16.5. The Kier molecular flexibility index (Phi) is 6.31. The molecule has 3 rings (SSSR count). The van der Waals surface area contributed by atoms with Gasteiger partial charge < -0.3 is 14.4 Å². The monoisotopic (exact) mass is 351 g/mol. The van der Waals surface area contributed by atoms with Crippen molar-refractivity contribution >= 4 is 11.5 Å². The smallest absolute Gasteiger partial charge is 0.222 e. The van der Waals surface area contributed by atoms with Crippen LogP contribution in [-0.4, -0.2) is 37.6 Å². The van der Waals surface area contributed by atoms with Gasteiger partial charge in [0.05, 0.1) is 13.7 Å². The van der Waals surface area contributed by atoms with Crippen LogP contribution in [0, 0.1) is 0 Å². The Morgan fingerprint density at radius 2 is 1.77 bits per heavy atom. The number of nitrogens with zero attached hydrogens (tertiary/aromatic N) is 1. The maximum absolute atomic E-state index is 12.4. The lowest BCUT2D eigenvalue weighted by Gasteiger charge is -2.26. The number of amides is 1. The number of carbonyl (C=O) groups is 1. The van der Waals surface area contributed by atoms with Crippen LogP contribution < -0.4 is 9.47 Å². The van der Waals surface area contributed by atoms with Crippen molar-refractivity contribution in [3.63, 3.8) is 0 Å². The molecule has 0 fully saturated rings. The van der Waals surface area contributed by atoms with Gasteiger partial charge >= 0.3 is 0 Å². The van der Waals surface area contributed by atoms with Crippen molar-refractivity contribution in [2.75, 3.05) is 26.8 Å². The van der Waals surface area contributed by atoms with Crippen LogP contribution in [0.2, 0.25) is 0 Å². The number of hydrogen-bond donors (Lipinski definition) is 0. The van der Waals surface area contributed by atoms with Crippen molar-refractivity contribution in [2.45, 2.75) is 19.3 Å². The Labute approximate surface area is 155 Å². The highest BCUT2D eigenvalue weighted by Crippen LogP contribution is 2.22. The lowest BCUT2D eigenvalue weighted by Crippen LogP contribution is -2.34. The zero-order chi connectivity index (χ0) is 18.2. The van der Waals surface area contributed by atoms with E-state index in [0.29, 0.717) is 19.6 Å². The molecule has 0 saturated heterocycles. The van der Waals surface area contributed by atoms with Crippen LogP contribution in [0.4, 0.5) is 0 Å². The standard InChI is InChI=1S/C22H25NO3/c1-25-20-9-11-21(12-10-20)26-17-5-8-22(24)23-15-13-19(14-16-23)18-6-3-2-4-7-18/h2-4,6-7,9-13H,5,8,14-17H2,1H3. The third-order valence-corrected chi connectivity index (χ3v) is 4.57. The van der Waals surface area contributed by atoms with E-state index in [2.05, 4.69) is 30.3 Å². The quantitative estimate of drug-likeness (QED) is 0.703. The van der Waals surface area contributed by atoms with E-state index in [1.54, 1.807) is 7.11 Å². The summed E-state index contributed by atoms with van der Waals surface area (Å²) in [5.74, 6) is 1.80. The van der Waals surface area contributed by atoms with Crippen molar-refractivity contribution in [1.29, 1.82) is 0 Å². The summed E-state index contributed by atoms with van der Waals surface area (Å²) in [6, 6.07) is 17.9. The topological polar surface area (TPSA) is 38.8 Å². The molecule has 2 aromatic carbocycles. The maximum atomic E-state index is 12.4.